The number of benzene rings is 2. The topological polar surface area (TPSA) is 66.0 Å². The van der Waals surface area contributed by atoms with E-state index >= 15 is 0 Å². The van der Waals surface area contributed by atoms with Crippen LogP contribution in [0.4, 0.5) is 16.0 Å². The number of rotatable bonds is 3. The van der Waals surface area contributed by atoms with Crippen molar-refractivity contribution >= 4 is 17.3 Å². The van der Waals surface area contributed by atoms with E-state index < -0.39 is 0 Å². The minimum Gasteiger partial charge on any atom is -0.322 e. The maximum absolute atomic E-state index is 13.4. The number of nitriles is 1. The van der Waals surface area contributed by atoms with Gasteiger partial charge in [-0.1, -0.05) is 24.3 Å². The van der Waals surface area contributed by atoms with Gasteiger partial charge in [-0.2, -0.15) is 10.2 Å². The van der Waals surface area contributed by atoms with Crippen molar-refractivity contribution in [1.82, 2.24) is 14.6 Å². The molecule has 0 aliphatic rings. The fourth-order valence-corrected chi connectivity index (χ4v) is 2.58. The summed E-state index contributed by atoms with van der Waals surface area (Å²) in [6, 6.07) is 19.3. The molecule has 0 saturated carbocycles. The largest absolute Gasteiger partial charge is 0.322 e. The summed E-state index contributed by atoms with van der Waals surface area (Å²) in [4.78, 5) is 4.39. The Balaban J connectivity index is 1.70. The van der Waals surface area contributed by atoms with Gasteiger partial charge in [-0.15, -0.1) is 5.10 Å². The lowest BCUT2D eigenvalue weighted by molar-refractivity contribution is 0.628. The molecular formula is C19H12FN5. The van der Waals surface area contributed by atoms with Crippen LogP contribution in [-0.4, -0.2) is 14.6 Å². The van der Waals surface area contributed by atoms with E-state index in [0.717, 1.165) is 11.1 Å². The molecule has 2 aromatic carbocycles. The normalized spacial score (nSPS) is 10.6. The highest BCUT2D eigenvalue weighted by Gasteiger charge is 2.08. The van der Waals surface area contributed by atoms with Crippen LogP contribution < -0.4 is 5.32 Å². The van der Waals surface area contributed by atoms with Gasteiger partial charge in [0, 0.05) is 11.8 Å². The Morgan fingerprint density at radius 3 is 2.72 bits per heavy atom. The van der Waals surface area contributed by atoms with Crippen LogP contribution in [0.2, 0.25) is 0 Å². The molecule has 4 rings (SSSR count). The zero-order chi connectivity index (χ0) is 17.2. The molecule has 0 aliphatic heterocycles. The molecule has 0 amide bonds. The van der Waals surface area contributed by atoms with Crippen LogP contribution in [-0.2, 0) is 0 Å². The molecule has 6 heteroatoms. The SMILES string of the molecule is N#Cc1ccccc1Nc1nc2ccc(-c3cccc(F)c3)cn2n1. The molecule has 1 N–H and O–H groups in total. The van der Waals surface area contributed by atoms with Crippen molar-refractivity contribution in [2.45, 2.75) is 0 Å². The number of nitrogens with zero attached hydrogens (tertiary/aromatic N) is 4. The number of pyridine rings is 1. The van der Waals surface area contributed by atoms with E-state index in [-0.39, 0.29) is 5.82 Å². The van der Waals surface area contributed by atoms with Crippen LogP contribution in [0.15, 0.2) is 66.9 Å². The van der Waals surface area contributed by atoms with Crippen molar-refractivity contribution in [3.8, 4) is 17.2 Å². The van der Waals surface area contributed by atoms with Gasteiger partial charge in [0.05, 0.1) is 11.3 Å². The molecule has 0 spiro atoms. The summed E-state index contributed by atoms with van der Waals surface area (Å²) in [5, 5.41) is 16.6. The van der Waals surface area contributed by atoms with Gasteiger partial charge < -0.3 is 5.32 Å². The standard InChI is InChI=1S/C19H12FN5/c20-16-6-3-5-13(10-16)15-8-9-18-23-19(24-25(18)12-15)22-17-7-2-1-4-14(17)11-21/h1-10,12H,(H,22,24). The molecular weight excluding hydrogens is 317 g/mol. The van der Waals surface area contributed by atoms with E-state index in [0.29, 0.717) is 22.8 Å². The van der Waals surface area contributed by atoms with Crippen LogP contribution in [0, 0.1) is 17.1 Å². The number of hydrogen-bond acceptors (Lipinski definition) is 4. The maximum Gasteiger partial charge on any atom is 0.247 e. The molecule has 25 heavy (non-hydrogen) atoms. The lowest BCUT2D eigenvalue weighted by Crippen LogP contribution is -1.95. The van der Waals surface area contributed by atoms with Crippen molar-refractivity contribution in [2.75, 3.05) is 5.32 Å². The van der Waals surface area contributed by atoms with Crippen LogP contribution in [0.3, 0.4) is 0 Å². The molecule has 2 aromatic heterocycles. The molecule has 0 atom stereocenters. The summed E-state index contributed by atoms with van der Waals surface area (Å²) < 4.78 is 15.0. The molecule has 0 radical (unpaired) electrons. The van der Waals surface area contributed by atoms with Crippen molar-refractivity contribution in [1.29, 1.82) is 5.26 Å². The Kier molecular flexibility index (Phi) is 3.60. The third kappa shape index (κ3) is 2.91. The lowest BCUT2D eigenvalue weighted by Gasteiger charge is -2.02. The molecule has 5 nitrogen and oxygen atoms in total. The van der Waals surface area contributed by atoms with E-state index in [1.165, 1.54) is 12.1 Å². The molecule has 0 saturated heterocycles. The zero-order valence-corrected chi connectivity index (χ0v) is 13.0. The van der Waals surface area contributed by atoms with E-state index in [4.69, 9.17) is 5.26 Å². The average molecular weight is 329 g/mol. The van der Waals surface area contributed by atoms with Gasteiger partial charge in [0.15, 0.2) is 5.65 Å². The van der Waals surface area contributed by atoms with E-state index in [1.807, 2.05) is 24.3 Å². The van der Waals surface area contributed by atoms with Gasteiger partial charge in [0.1, 0.15) is 11.9 Å². The predicted octanol–water partition coefficient (Wildman–Crippen LogP) is 4.15. The third-order valence-corrected chi connectivity index (χ3v) is 3.78. The summed E-state index contributed by atoms with van der Waals surface area (Å²) in [7, 11) is 0. The van der Waals surface area contributed by atoms with Crippen molar-refractivity contribution < 1.29 is 4.39 Å². The summed E-state index contributed by atoms with van der Waals surface area (Å²) in [6.45, 7) is 0. The summed E-state index contributed by atoms with van der Waals surface area (Å²) in [5.41, 5.74) is 3.41. The third-order valence-electron chi connectivity index (χ3n) is 3.78. The molecule has 120 valence electrons. The molecule has 0 bridgehead atoms. The van der Waals surface area contributed by atoms with Crippen LogP contribution >= 0.6 is 0 Å². The summed E-state index contributed by atoms with van der Waals surface area (Å²) in [5.74, 6) is 0.103. The predicted molar refractivity (Wildman–Crippen MR) is 92.8 cm³/mol. The number of anilines is 2. The highest BCUT2D eigenvalue weighted by molar-refractivity contribution is 5.66. The fraction of sp³-hybridized carbons (Fsp3) is 0. The lowest BCUT2D eigenvalue weighted by atomic mass is 10.1. The van der Waals surface area contributed by atoms with Gasteiger partial charge in [0.25, 0.3) is 0 Å². The number of fused-ring (bicyclic) bond motifs is 1. The molecule has 4 aromatic rings. The van der Waals surface area contributed by atoms with Crippen LogP contribution in [0.25, 0.3) is 16.8 Å². The number of halogens is 1. The first-order chi connectivity index (χ1) is 12.2. The van der Waals surface area contributed by atoms with Crippen LogP contribution in [0.5, 0.6) is 0 Å². The second kappa shape index (κ2) is 6.06. The quantitative estimate of drug-likeness (QED) is 0.613. The number of aromatic nitrogens is 3. The van der Waals surface area contributed by atoms with Gasteiger partial charge in [-0.05, 0) is 42.0 Å². The van der Waals surface area contributed by atoms with Crippen molar-refractivity contribution in [3.63, 3.8) is 0 Å². The number of para-hydroxylation sites is 1. The van der Waals surface area contributed by atoms with E-state index in [1.54, 1.807) is 35.0 Å². The first kappa shape index (κ1) is 14.8. The Hall–Kier alpha value is -3.72. The van der Waals surface area contributed by atoms with E-state index in [9.17, 15) is 4.39 Å². The molecule has 2 heterocycles. The fourth-order valence-electron chi connectivity index (χ4n) is 2.58. The first-order valence-corrected chi connectivity index (χ1v) is 7.61. The van der Waals surface area contributed by atoms with Gasteiger partial charge in [-0.25, -0.2) is 8.91 Å². The Labute approximate surface area is 143 Å². The van der Waals surface area contributed by atoms with Crippen LogP contribution in [0.1, 0.15) is 5.56 Å². The summed E-state index contributed by atoms with van der Waals surface area (Å²) in [6.07, 6.45) is 1.79. The number of nitrogens with one attached hydrogen (secondary N) is 1. The Morgan fingerprint density at radius 2 is 1.88 bits per heavy atom. The number of hydrogen-bond donors (Lipinski definition) is 1. The second-order valence-electron chi connectivity index (χ2n) is 5.45. The molecule has 0 fully saturated rings. The first-order valence-electron chi connectivity index (χ1n) is 7.61. The highest BCUT2D eigenvalue weighted by Crippen LogP contribution is 2.22. The van der Waals surface area contributed by atoms with E-state index in [2.05, 4.69) is 21.5 Å². The van der Waals surface area contributed by atoms with Gasteiger partial charge in [-0.3, -0.25) is 0 Å². The smallest absolute Gasteiger partial charge is 0.247 e. The monoisotopic (exact) mass is 329 g/mol. The average Bonchev–Trinajstić information content (AvgIpc) is 3.03. The maximum atomic E-state index is 13.4. The molecule has 0 aliphatic carbocycles. The van der Waals surface area contributed by atoms with Crippen molar-refractivity contribution in [3.05, 3.63) is 78.2 Å². The second-order valence-corrected chi connectivity index (χ2v) is 5.45. The van der Waals surface area contributed by atoms with Gasteiger partial charge in [0.2, 0.25) is 5.95 Å². The van der Waals surface area contributed by atoms with Crippen molar-refractivity contribution in [2.24, 2.45) is 0 Å². The summed E-state index contributed by atoms with van der Waals surface area (Å²) >= 11 is 0. The minimum atomic E-state index is -0.286. The zero-order valence-electron chi connectivity index (χ0n) is 13.0. The molecule has 0 unspecified atom stereocenters. The Morgan fingerprint density at radius 1 is 1.00 bits per heavy atom. The van der Waals surface area contributed by atoms with Gasteiger partial charge >= 0.3 is 0 Å². The minimum absolute atomic E-state index is 0.286. The highest BCUT2D eigenvalue weighted by atomic mass is 19.1. The Bertz CT molecular complexity index is 1110.